The van der Waals surface area contributed by atoms with Crippen molar-refractivity contribution in [3.8, 4) is 11.5 Å². The summed E-state index contributed by atoms with van der Waals surface area (Å²) in [7, 11) is 0. The first-order valence-electron chi connectivity index (χ1n) is 13.0. The van der Waals surface area contributed by atoms with Gasteiger partial charge < -0.3 is 9.84 Å². The normalized spacial score (nSPS) is 19.5. The van der Waals surface area contributed by atoms with Crippen molar-refractivity contribution in [3.05, 3.63) is 67.3 Å². The number of aromatic hydroxyl groups is 1. The number of phenols is 1. The van der Waals surface area contributed by atoms with Gasteiger partial charge in [0.05, 0.1) is 15.9 Å². The average Bonchev–Trinajstić information content (AvgIpc) is 2.83. The number of nitro benzene ring substituents is 2. The van der Waals surface area contributed by atoms with E-state index >= 15 is 0 Å². The highest BCUT2D eigenvalue weighted by Gasteiger charge is 2.36. The van der Waals surface area contributed by atoms with E-state index in [9.17, 15) is 30.1 Å². The number of rotatable bonds is 10. The Balaban J connectivity index is 2.08. The lowest BCUT2D eigenvalue weighted by Crippen LogP contribution is -2.27. The van der Waals surface area contributed by atoms with Gasteiger partial charge in [0, 0.05) is 11.6 Å². The predicted octanol–water partition coefficient (Wildman–Crippen LogP) is 7.34. The molecule has 3 atom stereocenters. The molecule has 0 radical (unpaired) electrons. The zero-order valence-electron chi connectivity index (χ0n) is 21.9. The monoisotopic (exact) mass is 512 g/mol. The minimum absolute atomic E-state index is 0.0388. The standard InChI is InChI=1S/C28H36N2O7/c1-5-6-7-8-19-14-25(31)27(23-13-18(4)9-11-21(23)17(2)3)26(15-19)37-28(32)22-12-10-20(29(33)34)16-24(22)30(35)36/h10,12,14-18,21,23,31H,5-9,11,13H2,1-4H3. The van der Waals surface area contributed by atoms with E-state index in [2.05, 4.69) is 27.7 Å². The molecule has 2 aromatic carbocycles. The van der Waals surface area contributed by atoms with Crippen molar-refractivity contribution in [2.75, 3.05) is 0 Å². The van der Waals surface area contributed by atoms with Crippen molar-refractivity contribution in [2.24, 2.45) is 17.8 Å². The van der Waals surface area contributed by atoms with Gasteiger partial charge in [0.1, 0.15) is 17.1 Å². The fourth-order valence-corrected chi connectivity index (χ4v) is 5.49. The van der Waals surface area contributed by atoms with Gasteiger partial charge in [0.2, 0.25) is 0 Å². The van der Waals surface area contributed by atoms with Gasteiger partial charge in [0.25, 0.3) is 11.4 Å². The lowest BCUT2D eigenvalue weighted by molar-refractivity contribution is -0.394. The Morgan fingerprint density at radius 2 is 1.84 bits per heavy atom. The number of benzene rings is 2. The first kappa shape index (κ1) is 28.1. The number of carbonyl (C=O) groups excluding carboxylic acids is 1. The fourth-order valence-electron chi connectivity index (χ4n) is 5.49. The third-order valence-corrected chi connectivity index (χ3v) is 7.45. The fraction of sp³-hybridized carbons (Fsp3) is 0.536. The maximum atomic E-state index is 13.2. The van der Waals surface area contributed by atoms with Crippen molar-refractivity contribution in [3.63, 3.8) is 0 Å². The van der Waals surface area contributed by atoms with Gasteiger partial charge in [-0.1, -0.05) is 47.0 Å². The number of aryl methyl sites for hydroxylation is 1. The number of hydrogen-bond acceptors (Lipinski definition) is 7. The molecule has 0 saturated heterocycles. The van der Waals surface area contributed by atoms with Crippen LogP contribution in [0.25, 0.3) is 0 Å². The van der Waals surface area contributed by atoms with Gasteiger partial charge in [-0.15, -0.1) is 0 Å². The Morgan fingerprint density at radius 1 is 1.11 bits per heavy atom. The van der Waals surface area contributed by atoms with Gasteiger partial charge in [-0.2, -0.15) is 0 Å². The number of nitrogens with zero attached hydrogens (tertiary/aromatic N) is 2. The van der Waals surface area contributed by atoms with Crippen LogP contribution in [0, 0.1) is 38.0 Å². The van der Waals surface area contributed by atoms with Crippen LogP contribution < -0.4 is 4.74 Å². The van der Waals surface area contributed by atoms with Crippen LogP contribution in [0.3, 0.4) is 0 Å². The van der Waals surface area contributed by atoms with Gasteiger partial charge in [-0.25, -0.2) is 4.79 Å². The lowest BCUT2D eigenvalue weighted by Gasteiger charge is -2.38. The summed E-state index contributed by atoms with van der Waals surface area (Å²) in [6.45, 7) is 8.57. The third-order valence-electron chi connectivity index (χ3n) is 7.45. The SMILES string of the molecule is CCCCCc1cc(O)c(C2CC(C)CCC2C(C)C)c(OC(=O)c2ccc([N+](=O)[O-])cc2[N+](=O)[O-])c1. The van der Waals surface area contributed by atoms with E-state index in [1.54, 1.807) is 12.1 Å². The summed E-state index contributed by atoms with van der Waals surface area (Å²) in [4.78, 5) is 34.4. The molecule has 0 spiro atoms. The van der Waals surface area contributed by atoms with Crippen LogP contribution >= 0.6 is 0 Å². The van der Waals surface area contributed by atoms with Crippen molar-refractivity contribution in [1.29, 1.82) is 0 Å². The number of ether oxygens (including phenoxy) is 1. The molecule has 1 N–H and O–H groups in total. The van der Waals surface area contributed by atoms with E-state index < -0.39 is 27.2 Å². The number of unbranched alkanes of at least 4 members (excludes halogenated alkanes) is 2. The Bertz CT molecular complexity index is 1160. The van der Waals surface area contributed by atoms with Gasteiger partial charge in [-0.3, -0.25) is 20.2 Å². The Morgan fingerprint density at radius 3 is 2.46 bits per heavy atom. The highest BCUT2D eigenvalue weighted by molar-refractivity contribution is 5.96. The van der Waals surface area contributed by atoms with Gasteiger partial charge >= 0.3 is 5.97 Å². The number of non-ortho nitro benzene ring substituents is 1. The van der Waals surface area contributed by atoms with Crippen molar-refractivity contribution < 1.29 is 24.5 Å². The molecule has 3 rings (SSSR count). The zero-order valence-corrected chi connectivity index (χ0v) is 21.9. The van der Waals surface area contributed by atoms with Crippen LogP contribution in [-0.2, 0) is 6.42 Å². The van der Waals surface area contributed by atoms with Crippen LogP contribution in [0.4, 0.5) is 11.4 Å². The van der Waals surface area contributed by atoms with Crippen LogP contribution in [-0.4, -0.2) is 20.9 Å². The van der Waals surface area contributed by atoms with Gasteiger partial charge in [0.15, 0.2) is 0 Å². The summed E-state index contributed by atoms with van der Waals surface area (Å²) in [5.41, 5.74) is -0.191. The third kappa shape index (κ3) is 6.64. The van der Waals surface area contributed by atoms with Crippen LogP contribution in [0.5, 0.6) is 11.5 Å². The molecule has 1 fully saturated rings. The molecule has 0 bridgehead atoms. The van der Waals surface area contributed by atoms with Crippen molar-refractivity contribution >= 4 is 17.3 Å². The van der Waals surface area contributed by atoms with Crippen LogP contribution in [0.2, 0.25) is 0 Å². The van der Waals surface area contributed by atoms with E-state index in [-0.39, 0.29) is 28.9 Å². The smallest absolute Gasteiger partial charge is 0.350 e. The molecule has 3 unspecified atom stereocenters. The van der Waals surface area contributed by atoms with Gasteiger partial charge in [-0.05, 0) is 73.1 Å². The predicted molar refractivity (Wildman–Crippen MR) is 140 cm³/mol. The van der Waals surface area contributed by atoms with Crippen LogP contribution in [0.15, 0.2) is 30.3 Å². The molecule has 200 valence electrons. The summed E-state index contributed by atoms with van der Waals surface area (Å²) in [6, 6.07) is 6.35. The second kappa shape index (κ2) is 12.2. The number of carbonyl (C=O) groups is 1. The molecule has 0 aliphatic heterocycles. The summed E-state index contributed by atoms with van der Waals surface area (Å²) in [5.74, 6) is 0.303. The Labute approximate surface area is 217 Å². The van der Waals surface area contributed by atoms with E-state index in [4.69, 9.17) is 4.74 Å². The largest absolute Gasteiger partial charge is 0.508 e. The number of phenolic OH excluding ortho intramolecular Hbond substituents is 1. The topological polar surface area (TPSA) is 133 Å². The molecule has 0 heterocycles. The summed E-state index contributed by atoms with van der Waals surface area (Å²) >= 11 is 0. The minimum atomic E-state index is -0.988. The Kier molecular flexibility index (Phi) is 9.23. The molecule has 9 nitrogen and oxygen atoms in total. The van der Waals surface area contributed by atoms with E-state index in [1.165, 1.54) is 0 Å². The second-order valence-electron chi connectivity index (χ2n) is 10.5. The van der Waals surface area contributed by atoms with E-state index in [0.717, 1.165) is 62.3 Å². The van der Waals surface area contributed by atoms with Crippen LogP contribution in [0.1, 0.15) is 93.6 Å². The van der Waals surface area contributed by atoms with Crippen molar-refractivity contribution in [2.45, 2.75) is 78.6 Å². The summed E-state index contributed by atoms with van der Waals surface area (Å²) < 4.78 is 5.79. The molecule has 0 aromatic heterocycles. The molecule has 1 aliphatic carbocycles. The maximum Gasteiger partial charge on any atom is 0.350 e. The lowest BCUT2D eigenvalue weighted by atomic mass is 9.67. The number of hydrogen-bond donors (Lipinski definition) is 1. The molecule has 0 amide bonds. The number of nitro groups is 2. The second-order valence-corrected chi connectivity index (χ2v) is 10.5. The quantitative estimate of drug-likeness (QED) is 0.116. The van der Waals surface area contributed by atoms with E-state index in [0.29, 0.717) is 23.8 Å². The zero-order chi connectivity index (χ0) is 27.3. The minimum Gasteiger partial charge on any atom is -0.508 e. The average molecular weight is 513 g/mol. The summed E-state index contributed by atoms with van der Waals surface area (Å²) in [6.07, 6.45) is 6.55. The first-order valence-corrected chi connectivity index (χ1v) is 13.0. The highest BCUT2D eigenvalue weighted by Crippen LogP contribution is 2.50. The molecule has 1 saturated carbocycles. The summed E-state index contributed by atoms with van der Waals surface area (Å²) in [5, 5.41) is 33.9. The first-order chi connectivity index (χ1) is 17.5. The number of esters is 1. The maximum absolute atomic E-state index is 13.2. The molecule has 9 heteroatoms. The molecular formula is C28H36N2O7. The highest BCUT2D eigenvalue weighted by atomic mass is 16.6. The molecular weight excluding hydrogens is 476 g/mol. The molecule has 37 heavy (non-hydrogen) atoms. The molecule has 2 aromatic rings. The Hall–Kier alpha value is -3.49. The van der Waals surface area contributed by atoms with Crippen molar-refractivity contribution in [1.82, 2.24) is 0 Å². The molecule has 1 aliphatic rings. The van der Waals surface area contributed by atoms with E-state index in [1.807, 2.05) is 0 Å².